The number of carboxylic acid groups (broad SMARTS) is 1. The lowest BCUT2D eigenvalue weighted by atomic mass is 9.87. The Morgan fingerprint density at radius 3 is 2.56 bits per heavy atom. The highest BCUT2D eigenvalue weighted by molar-refractivity contribution is 5.70. The van der Waals surface area contributed by atoms with Gasteiger partial charge in [-0.15, -0.1) is 8.78 Å². The minimum absolute atomic E-state index is 0.0693. The largest absolute Gasteiger partial charge is 0.586 e. The minimum Gasteiger partial charge on any atom is -0.484 e. The molecule has 0 bridgehead atoms. The van der Waals surface area contributed by atoms with E-state index in [-0.39, 0.29) is 41.0 Å². The summed E-state index contributed by atoms with van der Waals surface area (Å²) in [4.78, 5) is 15.5. The van der Waals surface area contributed by atoms with Gasteiger partial charge in [0.15, 0.2) is 17.2 Å². The number of carboxylic acids is 1. The van der Waals surface area contributed by atoms with E-state index in [1.807, 2.05) is 0 Å². The number of carbonyl (C=O) groups is 1. The molecule has 0 saturated heterocycles. The van der Waals surface area contributed by atoms with Gasteiger partial charge in [-0.25, -0.2) is 4.68 Å². The fourth-order valence-corrected chi connectivity index (χ4v) is 5.96. The SMILES string of the molecule is C[C@H](Oc1cncc(-n2nc(C(F)(F)F)c3c2[C@H](O[C@H]2CC[C@H](C(=O)O)CC2)CCC3)c1)c1ccc2c(c1)OC(F)(F)O2. The molecule has 1 N–H and O–H groups in total. The summed E-state index contributed by atoms with van der Waals surface area (Å²) in [7, 11) is 0. The Hall–Kier alpha value is -3.94. The van der Waals surface area contributed by atoms with Crippen molar-refractivity contribution in [2.75, 3.05) is 0 Å². The van der Waals surface area contributed by atoms with Crippen molar-refractivity contribution in [2.24, 2.45) is 5.92 Å². The smallest absolute Gasteiger partial charge is 0.484 e. The molecule has 43 heavy (non-hydrogen) atoms. The van der Waals surface area contributed by atoms with Gasteiger partial charge in [0.05, 0.1) is 35.8 Å². The molecule has 3 aromatic rings. The van der Waals surface area contributed by atoms with Crippen molar-refractivity contribution >= 4 is 5.97 Å². The van der Waals surface area contributed by atoms with E-state index in [0.29, 0.717) is 49.8 Å². The Balaban J connectivity index is 1.27. The lowest BCUT2D eigenvalue weighted by Crippen LogP contribution is -2.29. The number of rotatable bonds is 7. The number of fused-ring (bicyclic) bond motifs is 2. The van der Waals surface area contributed by atoms with Crippen molar-refractivity contribution in [3.05, 3.63) is 59.2 Å². The molecule has 0 amide bonds. The molecule has 1 fully saturated rings. The molecule has 2 atom stereocenters. The van der Waals surface area contributed by atoms with E-state index in [2.05, 4.69) is 19.6 Å². The Morgan fingerprint density at radius 1 is 1.09 bits per heavy atom. The zero-order chi connectivity index (χ0) is 30.5. The number of alkyl halides is 5. The summed E-state index contributed by atoms with van der Waals surface area (Å²) in [6, 6.07) is 5.74. The molecule has 230 valence electrons. The van der Waals surface area contributed by atoms with Gasteiger partial charge in [0, 0.05) is 11.6 Å². The first-order valence-corrected chi connectivity index (χ1v) is 14.0. The van der Waals surface area contributed by atoms with Crippen LogP contribution in [0.5, 0.6) is 17.2 Å². The summed E-state index contributed by atoms with van der Waals surface area (Å²) in [5.41, 5.74) is 0.101. The van der Waals surface area contributed by atoms with Crippen molar-refractivity contribution < 1.29 is 50.8 Å². The van der Waals surface area contributed by atoms with Gasteiger partial charge in [0.25, 0.3) is 0 Å². The predicted octanol–water partition coefficient (Wildman–Crippen LogP) is 6.79. The first-order chi connectivity index (χ1) is 20.4. The maximum absolute atomic E-state index is 14.1. The van der Waals surface area contributed by atoms with Crippen LogP contribution in [0.2, 0.25) is 0 Å². The maximum Gasteiger partial charge on any atom is 0.586 e. The average Bonchev–Trinajstić information content (AvgIpc) is 3.50. The normalized spacial score (nSPS) is 23.4. The number of aromatic nitrogens is 3. The third kappa shape index (κ3) is 5.97. The van der Waals surface area contributed by atoms with E-state index in [1.54, 1.807) is 6.92 Å². The fraction of sp³-hybridized carbons (Fsp3) is 0.483. The van der Waals surface area contributed by atoms with E-state index < -0.39 is 42.3 Å². The van der Waals surface area contributed by atoms with E-state index in [4.69, 9.17) is 9.47 Å². The molecule has 9 nitrogen and oxygen atoms in total. The fourth-order valence-electron chi connectivity index (χ4n) is 5.96. The molecule has 14 heteroatoms. The van der Waals surface area contributed by atoms with E-state index >= 15 is 0 Å². The molecule has 2 aromatic heterocycles. The van der Waals surface area contributed by atoms with Crippen LogP contribution in [0.15, 0.2) is 36.7 Å². The van der Waals surface area contributed by atoms with Crippen LogP contribution in [-0.2, 0) is 22.1 Å². The van der Waals surface area contributed by atoms with Gasteiger partial charge in [0.2, 0.25) is 0 Å². The lowest BCUT2D eigenvalue weighted by molar-refractivity contribution is -0.286. The summed E-state index contributed by atoms with van der Waals surface area (Å²) in [6.45, 7) is 1.67. The third-order valence-electron chi connectivity index (χ3n) is 8.02. The van der Waals surface area contributed by atoms with Crippen molar-refractivity contribution in [3.63, 3.8) is 0 Å². The second-order valence-corrected chi connectivity index (χ2v) is 11.0. The zero-order valence-electron chi connectivity index (χ0n) is 22.9. The van der Waals surface area contributed by atoms with Crippen molar-refractivity contribution in [1.29, 1.82) is 0 Å². The Labute approximate surface area is 242 Å². The molecule has 3 heterocycles. The molecule has 0 unspecified atom stereocenters. The first kappa shape index (κ1) is 29.1. The number of pyridine rings is 1. The number of hydrogen-bond donors (Lipinski definition) is 1. The lowest BCUT2D eigenvalue weighted by Gasteiger charge is -2.32. The highest BCUT2D eigenvalue weighted by Crippen LogP contribution is 2.44. The van der Waals surface area contributed by atoms with Gasteiger partial charge in [-0.3, -0.25) is 9.78 Å². The Kier molecular flexibility index (Phi) is 7.43. The van der Waals surface area contributed by atoms with Gasteiger partial charge >= 0.3 is 18.4 Å². The van der Waals surface area contributed by atoms with E-state index in [0.717, 1.165) is 0 Å². The average molecular weight is 610 g/mol. The standard InChI is InChI=1S/C29H28F5N3O6/c1-15(17-7-10-22-24(11-17)43-29(33,34)42-22)40-20-12-18(13-35-14-20)37-25-21(26(36-37)28(30,31)32)3-2-4-23(25)41-19-8-5-16(6-9-19)27(38)39/h7,10-16,19,23H,2-6,8-9H2,1H3,(H,38,39)/t15-,16-,19-,23+/m0/s1. The topological polar surface area (TPSA) is 105 Å². The molecule has 1 saturated carbocycles. The van der Waals surface area contributed by atoms with E-state index in [9.17, 15) is 31.9 Å². The highest BCUT2D eigenvalue weighted by Gasteiger charge is 2.44. The quantitative estimate of drug-likeness (QED) is 0.292. The van der Waals surface area contributed by atoms with Crippen LogP contribution < -0.4 is 14.2 Å². The van der Waals surface area contributed by atoms with Crippen LogP contribution in [0, 0.1) is 5.92 Å². The Morgan fingerprint density at radius 2 is 1.84 bits per heavy atom. The molecule has 3 aliphatic rings. The molecule has 1 aliphatic heterocycles. The second kappa shape index (κ2) is 11.0. The van der Waals surface area contributed by atoms with Crippen LogP contribution in [0.1, 0.15) is 80.2 Å². The number of benzene rings is 1. The van der Waals surface area contributed by atoms with Crippen molar-refractivity contribution in [1.82, 2.24) is 14.8 Å². The first-order valence-electron chi connectivity index (χ1n) is 14.0. The van der Waals surface area contributed by atoms with Crippen molar-refractivity contribution in [3.8, 4) is 22.9 Å². The van der Waals surface area contributed by atoms with Gasteiger partial charge in [-0.05, 0) is 69.6 Å². The second-order valence-electron chi connectivity index (χ2n) is 11.0. The van der Waals surface area contributed by atoms with Crippen LogP contribution in [-0.4, -0.2) is 38.2 Å². The predicted molar refractivity (Wildman–Crippen MR) is 138 cm³/mol. The monoisotopic (exact) mass is 609 g/mol. The molecular formula is C29H28F5N3O6. The number of ether oxygens (including phenoxy) is 4. The summed E-state index contributed by atoms with van der Waals surface area (Å²) in [6.07, 6.45) is -4.28. The van der Waals surface area contributed by atoms with Crippen LogP contribution in [0.3, 0.4) is 0 Å². The van der Waals surface area contributed by atoms with Crippen LogP contribution in [0.4, 0.5) is 22.0 Å². The zero-order valence-corrected chi connectivity index (χ0v) is 22.9. The van der Waals surface area contributed by atoms with E-state index in [1.165, 1.54) is 41.3 Å². The van der Waals surface area contributed by atoms with Gasteiger partial charge in [-0.1, -0.05) is 6.07 Å². The molecule has 1 aromatic carbocycles. The molecule has 0 spiro atoms. The summed E-state index contributed by atoms with van der Waals surface area (Å²) in [5, 5.41) is 13.3. The minimum atomic E-state index is -4.69. The van der Waals surface area contributed by atoms with Crippen molar-refractivity contribution in [2.45, 2.75) is 82.7 Å². The number of nitrogens with zero attached hydrogens (tertiary/aromatic N) is 3. The number of aliphatic carboxylic acids is 1. The van der Waals surface area contributed by atoms with Crippen LogP contribution >= 0.6 is 0 Å². The molecule has 2 aliphatic carbocycles. The van der Waals surface area contributed by atoms with Gasteiger partial charge < -0.3 is 24.1 Å². The molecule has 6 rings (SSSR count). The Bertz CT molecular complexity index is 1520. The van der Waals surface area contributed by atoms with Gasteiger partial charge in [-0.2, -0.15) is 18.3 Å². The molecule has 0 radical (unpaired) electrons. The maximum atomic E-state index is 14.1. The highest BCUT2D eigenvalue weighted by atomic mass is 19.4. The third-order valence-corrected chi connectivity index (χ3v) is 8.02. The van der Waals surface area contributed by atoms with Crippen LogP contribution in [0.25, 0.3) is 5.69 Å². The van der Waals surface area contributed by atoms with Gasteiger partial charge in [0.1, 0.15) is 18.0 Å². The summed E-state index contributed by atoms with van der Waals surface area (Å²) in [5.74, 6) is -1.34. The summed E-state index contributed by atoms with van der Waals surface area (Å²) >= 11 is 0. The number of halogens is 5. The summed E-state index contributed by atoms with van der Waals surface area (Å²) < 4.78 is 91.6. The number of hydrogen-bond acceptors (Lipinski definition) is 7. The molecular weight excluding hydrogens is 581 g/mol.